The third-order valence-corrected chi connectivity index (χ3v) is 2.80. The van der Waals surface area contributed by atoms with Crippen molar-refractivity contribution in [2.45, 2.75) is 33.6 Å². The van der Waals surface area contributed by atoms with E-state index in [1.165, 1.54) is 6.08 Å². The maximum Gasteiger partial charge on any atom is 0.345 e. The molecule has 1 aromatic rings. The molecule has 21 heavy (non-hydrogen) atoms. The molecule has 0 amide bonds. The molecular weight excluding hydrogens is 268 g/mol. The van der Waals surface area contributed by atoms with Gasteiger partial charge in [-0.25, -0.2) is 9.59 Å². The van der Waals surface area contributed by atoms with Gasteiger partial charge in [0, 0.05) is 0 Å². The van der Waals surface area contributed by atoms with E-state index in [2.05, 4.69) is 0 Å². The summed E-state index contributed by atoms with van der Waals surface area (Å²) in [6.45, 7) is 6.27. The number of esters is 2. The minimum absolute atomic E-state index is 0.0637. The van der Waals surface area contributed by atoms with Crippen molar-refractivity contribution in [1.82, 2.24) is 0 Å². The zero-order chi connectivity index (χ0) is 15.7. The van der Waals surface area contributed by atoms with Gasteiger partial charge >= 0.3 is 11.9 Å². The molecule has 4 nitrogen and oxygen atoms in total. The highest BCUT2D eigenvalue weighted by molar-refractivity contribution is 6.17. The van der Waals surface area contributed by atoms with Crippen LogP contribution in [0.4, 0.5) is 0 Å². The van der Waals surface area contributed by atoms with Crippen LogP contribution in [0.5, 0.6) is 0 Å². The molecular formula is C17H22O4. The summed E-state index contributed by atoms with van der Waals surface area (Å²) in [5.74, 6) is -1.28. The largest absolute Gasteiger partial charge is 0.462 e. The number of hydrogen-bond donors (Lipinski definition) is 0. The summed E-state index contributed by atoms with van der Waals surface area (Å²) in [5.41, 5.74) is 1.71. The Hall–Kier alpha value is -2.10. The lowest BCUT2D eigenvalue weighted by Crippen LogP contribution is -2.19. The van der Waals surface area contributed by atoms with Gasteiger partial charge in [0.2, 0.25) is 0 Å². The average Bonchev–Trinajstić information content (AvgIpc) is 2.49. The Kier molecular flexibility index (Phi) is 7.23. The highest BCUT2D eigenvalue weighted by Crippen LogP contribution is 2.14. The molecule has 0 spiro atoms. The van der Waals surface area contributed by atoms with E-state index in [0.717, 1.165) is 11.1 Å². The van der Waals surface area contributed by atoms with Crippen LogP contribution in [0.1, 0.15) is 37.8 Å². The minimum atomic E-state index is -0.638. The fourth-order valence-electron chi connectivity index (χ4n) is 1.65. The average molecular weight is 290 g/mol. The van der Waals surface area contributed by atoms with Crippen LogP contribution >= 0.6 is 0 Å². The number of benzene rings is 1. The lowest BCUT2D eigenvalue weighted by atomic mass is 10.1. The van der Waals surface area contributed by atoms with Gasteiger partial charge in [0.25, 0.3) is 0 Å². The first-order chi connectivity index (χ1) is 10.1. The summed E-state index contributed by atoms with van der Waals surface area (Å²) in [5, 5.41) is 0. The molecule has 0 saturated heterocycles. The molecule has 0 aliphatic rings. The smallest absolute Gasteiger partial charge is 0.345 e. The predicted octanol–water partition coefficient (Wildman–Crippen LogP) is 3.28. The van der Waals surface area contributed by atoms with E-state index in [9.17, 15) is 9.59 Å². The summed E-state index contributed by atoms with van der Waals surface area (Å²) in [6.07, 6.45) is 2.94. The first-order valence-electron chi connectivity index (χ1n) is 7.21. The van der Waals surface area contributed by atoms with E-state index in [1.54, 1.807) is 0 Å². The molecule has 0 aliphatic heterocycles. The highest BCUT2D eigenvalue weighted by atomic mass is 16.6. The Morgan fingerprint density at radius 3 is 2.00 bits per heavy atom. The first-order valence-corrected chi connectivity index (χ1v) is 7.21. The lowest BCUT2D eigenvalue weighted by Gasteiger charge is -2.09. The van der Waals surface area contributed by atoms with Crippen molar-refractivity contribution in [3.05, 3.63) is 41.0 Å². The Labute approximate surface area is 125 Å². The zero-order valence-electron chi connectivity index (χ0n) is 12.8. The standard InChI is InChI=1S/C17H22O4/c1-4-10-20-16(18)15(17(19)21-11-5-2)12-14-9-7-6-8-13(14)3/h6-9,12H,4-5,10-11H2,1-3H3. The van der Waals surface area contributed by atoms with E-state index in [0.29, 0.717) is 12.8 Å². The van der Waals surface area contributed by atoms with E-state index in [-0.39, 0.29) is 18.8 Å². The number of aryl methyl sites for hydroxylation is 1. The van der Waals surface area contributed by atoms with Crippen molar-refractivity contribution >= 4 is 18.0 Å². The topological polar surface area (TPSA) is 52.6 Å². The SMILES string of the molecule is CCCOC(=O)C(=Cc1ccccc1C)C(=O)OCCC. The maximum absolute atomic E-state index is 12.0. The van der Waals surface area contributed by atoms with Gasteiger partial charge in [0.15, 0.2) is 0 Å². The first kappa shape index (κ1) is 17.0. The Bertz CT molecular complexity index is 495. The lowest BCUT2D eigenvalue weighted by molar-refractivity contribution is -0.147. The van der Waals surface area contributed by atoms with E-state index in [1.807, 2.05) is 45.0 Å². The number of ether oxygens (including phenoxy) is 2. The van der Waals surface area contributed by atoms with Crippen LogP contribution in [0.25, 0.3) is 6.08 Å². The summed E-state index contributed by atoms with van der Waals surface area (Å²) in [6, 6.07) is 7.51. The highest BCUT2D eigenvalue weighted by Gasteiger charge is 2.21. The Morgan fingerprint density at radius 1 is 1.00 bits per heavy atom. The number of rotatable bonds is 7. The molecule has 0 heterocycles. The van der Waals surface area contributed by atoms with Gasteiger partial charge in [-0.05, 0) is 37.0 Å². The third kappa shape index (κ3) is 5.42. The van der Waals surface area contributed by atoms with Crippen LogP contribution in [0.2, 0.25) is 0 Å². The fraction of sp³-hybridized carbons (Fsp3) is 0.412. The number of hydrogen-bond acceptors (Lipinski definition) is 4. The molecule has 1 rings (SSSR count). The molecule has 0 atom stereocenters. The molecule has 0 aliphatic carbocycles. The van der Waals surface area contributed by atoms with Gasteiger partial charge in [-0.3, -0.25) is 0 Å². The fourth-order valence-corrected chi connectivity index (χ4v) is 1.65. The van der Waals surface area contributed by atoms with Crippen molar-refractivity contribution in [2.24, 2.45) is 0 Å². The van der Waals surface area contributed by atoms with Gasteiger partial charge in [-0.2, -0.15) is 0 Å². The zero-order valence-corrected chi connectivity index (χ0v) is 12.8. The van der Waals surface area contributed by atoms with Crippen molar-refractivity contribution in [3.8, 4) is 0 Å². The van der Waals surface area contributed by atoms with Crippen LogP contribution in [-0.2, 0) is 19.1 Å². The Balaban J connectivity index is 3.03. The molecule has 0 N–H and O–H groups in total. The molecule has 0 fully saturated rings. The molecule has 0 unspecified atom stereocenters. The second-order valence-electron chi connectivity index (χ2n) is 4.69. The van der Waals surface area contributed by atoms with Gasteiger partial charge in [0.05, 0.1) is 13.2 Å². The Morgan fingerprint density at radius 2 is 1.52 bits per heavy atom. The summed E-state index contributed by atoms with van der Waals surface area (Å²) in [4.78, 5) is 24.1. The molecule has 1 aromatic carbocycles. The molecule has 4 heteroatoms. The predicted molar refractivity (Wildman–Crippen MR) is 81.7 cm³/mol. The second kappa shape index (κ2) is 8.95. The van der Waals surface area contributed by atoms with Crippen molar-refractivity contribution in [1.29, 1.82) is 0 Å². The maximum atomic E-state index is 12.0. The van der Waals surface area contributed by atoms with Crippen LogP contribution in [0.15, 0.2) is 29.8 Å². The molecule has 0 radical (unpaired) electrons. The van der Waals surface area contributed by atoms with E-state index >= 15 is 0 Å². The van der Waals surface area contributed by atoms with E-state index < -0.39 is 11.9 Å². The number of carbonyl (C=O) groups excluding carboxylic acids is 2. The molecule has 0 bridgehead atoms. The quantitative estimate of drug-likeness (QED) is 0.335. The van der Waals surface area contributed by atoms with Gasteiger partial charge in [-0.1, -0.05) is 38.1 Å². The second-order valence-corrected chi connectivity index (χ2v) is 4.69. The van der Waals surface area contributed by atoms with Gasteiger partial charge < -0.3 is 9.47 Å². The third-order valence-electron chi connectivity index (χ3n) is 2.80. The summed E-state index contributed by atoms with van der Waals surface area (Å²) < 4.78 is 10.1. The van der Waals surface area contributed by atoms with Crippen molar-refractivity contribution < 1.29 is 19.1 Å². The number of carbonyl (C=O) groups is 2. The molecule has 0 aromatic heterocycles. The van der Waals surface area contributed by atoms with Gasteiger partial charge in [-0.15, -0.1) is 0 Å². The normalized spacial score (nSPS) is 9.86. The van der Waals surface area contributed by atoms with Crippen molar-refractivity contribution in [3.63, 3.8) is 0 Å². The summed E-state index contributed by atoms with van der Waals surface area (Å²) in [7, 11) is 0. The molecule has 0 saturated carbocycles. The van der Waals surface area contributed by atoms with Crippen LogP contribution in [0, 0.1) is 6.92 Å². The monoisotopic (exact) mass is 290 g/mol. The van der Waals surface area contributed by atoms with Crippen LogP contribution in [-0.4, -0.2) is 25.2 Å². The van der Waals surface area contributed by atoms with E-state index in [4.69, 9.17) is 9.47 Å². The summed E-state index contributed by atoms with van der Waals surface area (Å²) >= 11 is 0. The van der Waals surface area contributed by atoms with Crippen LogP contribution < -0.4 is 0 Å². The van der Waals surface area contributed by atoms with Gasteiger partial charge in [0.1, 0.15) is 5.57 Å². The molecule has 114 valence electrons. The van der Waals surface area contributed by atoms with Crippen LogP contribution in [0.3, 0.4) is 0 Å². The minimum Gasteiger partial charge on any atom is -0.462 e. The van der Waals surface area contributed by atoms with Crippen molar-refractivity contribution in [2.75, 3.05) is 13.2 Å².